The van der Waals surface area contributed by atoms with Crippen LogP contribution in [0.5, 0.6) is 0 Å². The SMILES string of the molecule is C[C@@H]1N[C@@H](CO)C[C@H]2[C@H]([C@@H](O)C(F)(F)F)CCC[C@@H]21. The monoisotopic (exact) mass is 281 g/mol. The first-order valence-corrected chi connectivity index (χ1v) is 6.96. The van der Waals surface area contributed by atoms with Crippen molar-refractivity contribution in [3.63, 3.8) is 0 Å². The average Bonchev–Trinajstić information content (AvgIpc) is 2.36. The van der Waals surface area contributed by atoms with Crippen LogP contribution in [-0.4, -0.2) is 41.2 Å². The van der Waals surface area contributed by atoms with Crippen LogP contribution < -0.4 is 5.32 Å². The summed E-state index contributed by atoms with van der Waals surface area (Å²) in [6, 6.07) is -0.0589. The van der Waals surface area contributed by atoms with Gasteiger partial charge in [0.1, 0.15) is 0 Å². The number of rotatable bonds is 2. The lowest BCUT2D eigenvalue weighted by molar-refractivity contribution is -0.232. The van der Waals surface area contributed by atoms with Crippen LogP contribution in [-0.2, 0) is 0 Å². The number of halogens is 3. The van der Waals surface area contributed by atoms with Gasteiger partial charge < -0.3 is 15.5 Å². The van der Waals surface area contributed by atoms with E-state index >= 15 is 0 Å². The van der Waals surface area contributed by atoms with Gasteiger partial charge >= 0.3 is 6.18 Å². The lowest BCUT2D eigenvalue weighted by Gasteiger charge is -2.49. The predicted molar refractivity (Wildman–Crippen MR) is 64.5 cm³/mol. The lowest BCUT2D eigenvalue weighted by Crippen LogP contribution is -2.56. The third kappa shape index (κ3) is 3.06. The second-order valence-corrected chi connectivity index (χ2v) is 5.98. The summed E-state index contributed by atoms with van der Waals surface area (Å²) in [4.78, 5) is 0. The zero-order valence-electron chi connectivity index (χ0n) is 11.0. The lowest BCUT2D eigenvalue weighted by atomic mass is 9.63. The van der Waals surface area contributed by atoms with Crippen molar-refractivity contribution in [2.75, 3.05) is 6.61 Å². The summed E-state index contributed by atoms with van der Waals surface area (Å²) >= 11 is 0. The van der Waals surface area contributed by atoms with E-state index in [0.29, 0.717) is 12.8 Å². The molecule has 2 rings (SSSR count). The van der Waals surface area contributed by atoms with Gasteiger partial charge in [0, 0.05) is 12.1 Å². The summed E-state index contributed by atoms with van der Waals surface area (Å²) in [5.74, 6) is -0.713. The molecule has 3 N–H and O–H groups in total. The molecule has 0 radical (unpaired) electrons. The molecule has 3 nitrogen and oxygen atoms in total. The van der Waals surface area contributed by atoms with Crippen LogP contribution in [0.2, 0.25) is 0 Å². The topological polar surface area (TPSA) is 52.5 Å². The van der Waals surface area contributed by atoms with Crippen molar-refractivity contribution in [2.45, 2.75) is 57.0 Å². The summed E-state index contributed by atoms with van der Waals surface area (Å²) in [5.41, 5.74) is 0. The Bertz CT molecular complexity index is 311. The van der Waals surface area contributed by atoms with E-state index < -0.39 is 18.2 Å². The van der Waals surface area contributed by atoms with E-state index in [2.05, 4.69) is 5.32 Å². The van der Waals surface area contributed by atoms with Gasteiger partial charge in [-0.05, 0) is 43.9 Å². The Balaban J connectivity index is 2.16. The number of nitrogens with one attached hydrogen (secondary N) is 1. The van der Waals surface area contributed by atoms with Crippen LogP contribution in [0, 0.1) is 17.8 Å². The second-order valence-electron chi connectivity index (χ2n) is 5.98. The van der Waals surface area contributed by atoms with Crippen molar-refractivity contribution >= 4 is 0 Å². The predicted octanol–water partition coefficient (Wildman–Crippen LogP) is 1.68. The van der Waals surface area contributed by atoms with Gasteiger partial charge in [0.15, 0.2) is 6.10 Å². The van der Waals surface area contributed by atoms with E-state index in [-0.39, 0.29) is 30.5 Å². The molecule has 1 aliphatic heterocycles. The maximum absolute atomic E-state index is 12.8. The molecule has 1 heterocycles. The number of aliphatic hydroxyl groups excluding tert-OH is 2. The standard InChI is InChI=1S/C13H22F3NO2/c1-7-9-3-2-4-10(12(19)13(14,15)16)11(9)5-8(6-18)17-7/h7-12,17-19H,2-6H2,1H3/t7-,8+,9+,10+,11+,12+/m0/s1. The maximum atomic E-state index is 12.8. The molecule has 1 saturated heterocycles. The van der Waals surface area contributed by atoms with Gasteiger partial charge in [0.2, 0.25) is 0 Å². The summed E-state index contributed by atoms with van der Waals surface area (Å²) in [6.45, 7) is 1.89. The quantitative estimate of drug-likeness (QED) is 0.722. The molecule has 0 aromatic carbocycles. The van der Waals surface area contributed by atoms with E-state index in [9.17, 15) is 23.4 Å². The fourth-order valence-corrected chi connectivity index (χ4v) is 3.96. The first-order chi connectivity index (χ1) is 8.84. The minimum Gasteiger partial charge on any atom is -0.395 e. The highest BCUT2D eigenvalue weighted by atomic mass is 19.4. The van der Waals surface area contributed by atoms with Crippen LogP contribution >= 0.6 is 0 Å². The Morgan fingerprint density at radius 2 is 1.95 bits per heavy atom. The highest BCUT2D eigenvalue weighted by Gasteiger charge is 2.51. The van der Waals surface area contributed by atoms with Crippen molar-refractivity contribution in [3.05, 3.63) is 0 Å². The van der Waals surface area contributed by atoms with E-state index in [0.717, 1.165) is 12.8 Å². The van der Waals surface area contributed by atoms with Gasteiger partial charge in [-0.1, -0.05) is 6.42 Å². The van der Waals surface area contributed by atoms with Crippen LogP contribution in [0.4, 0.5) is 13.2 Å². The number of alkyl halides is 3. The van der Waals surface area contributed by atoms with Gasteiger partial charge in [-0.3, -0.25) is 0 Å². The number of aliphatic hydroxyl groups is 2. The Kier molecular flexibility index (Phi) is 4.42. The maximum Gasteiger partial charge on any atom is 0.414 e. The van der Waals surface area contributed by atoms with Gasteiger partial charge in [-0.2, -0.15) is 13.2 Å². The van der Waals surface area contributed by atoms with Gasteiger partial charge in [0.05, 0.1) is 6.61 Å². The Hall–Kier alpha value is -0.330. The van der Waals surface area contributed by atoms with Gasteiger partial charge in [0.25, 0.3) is 0 Å². The van der Waals surface area contributed by atoms with Crippen molar-refractivity contribution in [2.24, 2.45) is 17.8 Å². The molecule has 2 fully saturated rings. The van der Waals surface area contributed by atoms with Crippen LogP contribution in [0.15, 0.2) is 0 Å². The zero-order valence-corrected chi connectivity index (χ0v) is 11.0. The fraction of sp³-hybridized carbons (Fsp3) is 1.00. The molecule has 0 spiro atoms. The summed E-state index contributed by atoms with van der Waals surface area (Å²) in [6.07, 6.45) is -4.21. The molecule has 1 aliphatic carbocycles. The summed E-state index contributed by atoms with van der Waals surface area (Å²) in [7, 11) is 0. The summed E-state index contributed by atoms with van der Waals surface area (Å²) in [5, 5.41) is 22.1. The number of fused-ring (bicyclic) bond motifs is 1. The third-order valence-corrected chi connectivity index (χ3v) is 4.83. The fourth-order valence-electron chi connectivity index (χ4n) is 3.96. The molecular weight excluding hydrogens is 259 g/mol. The van der Waals surface area contributed by atoms with Crippen LogP contribution in [0.25, 0.3) is 0 Å². The molecule has 0 unspecified atom stereocenters. The minimum absolute atomic E-state index is 0.0671. The second kappa shape index (κ2) is 5.58. The molecule has 6 atom stereocenters. The largest absolute Gasteiger partial charge is 0.414 e. The molecule has 0 aromatic heterocycles. The smallest absolute Gasteiger partial charge is 0.395 e. The van der Waals surface area contributed by atoms with E-state index in [1.165, 1.54) is 0 Å². The number of hydrogen-bond donors (Lipinski definition) is 3. The van der Waals surface area contributed by atoms with Gasteiger partial charge in [-0.15, -0.1) is 0 Å². The molecular formula is C13H22F3NO2. The molecule has 0 amide bonds. The van der Waals surface area contributed by atoms with Gasteiger partial charge in [-0.25, -0.2) is 0 Å². The first kappa shape index (κ1) is 15.1. The normalized spacial score (nSPS) is 41.7. The van der Waals surface area contributed by atoms with Crippen molar-refractivity contribution in [1.82, 2.24) is 5.32 Å². The molecule has 0 aromatic rings. The van der Waals surface area contributed by atoms with Crippen LogP contribution in [0.1, 0.15) is 32.6 Å². The summed E-state index contributed by atoms with van der Waals surface area (Å²) < 4.78 is 38.3. The molecule has 1 saturated carbocycles. The van der Waals surface area contributed by atoms with E-state index in [1.54, 1.807) is 0 Å². The Morgan fingerprint density at radius 3 is 2.53 bits per heavy atom. The Labute approximate surface area is 111 Å². The minimum atomic E-state index is -4.55. The van der Waals surface area contributed by atoms with Crippen molar-refractivity contribution in [3.8, 4) is 0 Å². The average molecular weight is 281 g/mol. The number of hydrogen-bond acceptors (Lipinski definition) is 3. The molecule has 112 valence electrons. The zero-order chi connectivity index (χ0) is 14.2. The highest BCUT2D eigenvalue weighted by Crippen LogP contribution is 2.46. The van der Waals surface area contributed by atoms with Crippen molar-refractivity contribution < 1.29 is 23.4 Å². The third-order valence-electron chi connectivity index (χ3n) is 4.83. The van der Waals surface area contributed by atoms with Crippen molar-refractivity contribution in [1.29, 1.82) is 0 Å². The number of piperidine rings is 1. The first-order valence-electron chi connectivity index (χ1n) is 6.96. The molecule has 6 heteroatoms. The molecule has 2 aliphatic rings. The Morgan fingerprint density at radius 1 is 1.26 bits per heavy atom. The molecule has 0 bridgehead atoms. The van der Waals surface area contributed by atoms with E-state index in [4.69, 9.17) is 0 Å². The molecule has 19 heavy (non-hydrogen) atoms. The van der Waals surface area contributed by atoms with Crippen LogP contribution in [0.3, 0.4) is 0 Å². The highest BCUT2D eigenvalue weighted by molar-refractivity contribution is 4.97. The van der Waals surface area contributed by atoms with E-state index in [1.807, 2.05) is 6.92 Å².